The molecule has 7 nitrogen and oxygen atoms in total. The summed E-state index contributed by atoms with van der Waals surface area (Å²) in [6, 6.07) is 7.45. The summed E-state index contributed by atoms with van der Waals surface area (Å²) in [6.45, 7) is 3.06. The van der Waals surface area contributed by atoms with Crippen LogP contribution in [0.1, 0.15) is 15.9 Å². The summed E-state index contributed by atoms with van der Waals surface area (Å²) < 4.78 is 12.2. The highest BCUT2D eigenvalue weighted by Crippen LogP contribution is 2.26. The molecule has 2 heterocycles. The highest BCUT2D eigenvalue weighted by atomic mass is 32.2. The van der Waals surface area contributed by atoms with Gasteiger partial charge in [0.15, 0.2) is 5.16 Å². The van der Waals surface area contributed by atoms with Crippen molar-refractivity contribution >= 4 is 23.7 Å². The highest BCUT2D eigenvalue weighted by molar-refractivity contribution is 7.98. The van der Waals surface area contributed by atoms with Gasteiger partial charge in [-0.1, -0.05) is 30.0 Å². The molecule has 0 saturated carbocycles. The number of benzene rings is 1. The number of thioether (sulfide) groups is 1. The Morgan fingerprint density at radius 3 is 2.79 bits per heavy atom. The van der Waals surface area contributed by atoms with Crippen LogP contribution < -0.4 is 4.90 Å². The third-order valence-corrected chi connectivity index (χ3v) is 4.95. The van der Waals surface area contributed by atoms with Crippen LogP contribution in [0.2, 0.25) is 0 Å². The number of ether oxygens (including phenoxy) is 2. The lowest BCUT2D eigenvalue weighted by Crippen LogP contribution is -2.37. The Morgan fingerprint density at radius 1 is 1.29 bits per heavy atom. The molecule has 1 fully saturated rings. The van der Waals surface area contributed by atoms with Crippen molar-refractivity contribution in [1.82, 2.24) is 14.8 Å². The minimum Gasteiger partial charge on any atom is -0.465 e. The van der Waals surface area contributed by atoms with Crippen molar-refractivity contribution in [2.24, 2.45) is 7.05 Å². The number of nitrogens with zero attached hydrogens (tertiary/aromatic N) is 4. The van der Waals surface area contributed by atoms with Crippen LogP contribution in [0, 0.1) is 0 Å². The third kappa shape index (κ3) is 3.54. The zero-order valence-corrected chi connectivity index (χ0v) is 14.6. The molecule has 0 amide bonds. The van der Waals surface area contributed by atoms with E-state index >= 15 is 0 Å². The molecule has 0 N–H and O–H groups in total. The monoisotopic (exact) mass is 348 g/mol. The van der Waals surface area contributed by atoms with Crippen LogP contribution in [0.4, 0.5) is 5.95 Å². The topological polar surface area (TPSA) is 69.5 Å². The molecule has 128 valence electrons. The summed E-state index contributed by atoms with van der Waals surface area (Å²) >= 11 is 1.55. The molecule has 0 spiro atoms. The highest BCUT2D eigenvalue weighted by Gasteiger charge is 2.19. The fourth-order valence-electron chi connectivity index (χ4n) is 2.57. The summed E-state index contributed by atoms with van der Waals surface area (Å²) in [7, 11) is 3.35. The maximum Gasteiger partial charge on any atom is 0.338 e. The van der Waals surface area contributed by atoms with Crippen molar-refractivity contribution < 1.29 is 14.3 Å². The molecule has 0 atom stereocenters. The number of aromatic nitrogens is 3. The van der Waals surface area contributed by atoms with Gasteiger partial charge >= 0.3 is 5.97 Å². The Labute approximate surface area is 145 Å². The van der Waals surface area contributed by atoms with Gasteiger partial charge in [-0.3, -0.25) is 4.57 Å². The summed E-state index contributed by atoms with van der Waals surface area (Å²) in [6.07, 6.45) is 0. The molecular formula is C16H20N4O3S. The van der Waals surface area contributed by atoms with Crippen LogP contribution in [0.5, 0.6) is 0 Å². The van der Waals surface area contributed by atoms with Crippen molar-refractivity contribution in [3.8, 4) is 0 Å². The Kier molecular flexibility index (Phi) is 5.37. The minimum absolute atomic E-state index is 0.321. The molecule has 3 rings (SSSR count). The summed E-state index contributed by atoms with van der Waals surface area (Å²) in [5, 5.41) is 9.39. The van der Waals surface area contributed by atoms with Gasteiger partial charge < -0.3 is 14.4 Å². The Morgan fingerprint density at radius 2 is 2.04 bits per heavy atom. The van der Waals surface area contributed by atoms with Gasteiger partial charge in [-0.25, -0.2) is 4.79 Å². The van der Waals surface area contributed by atoms with E-state index in [0.717, 1.165) is 29.8 Å². The van der Waals surface area contributed by atoms with E-state index in [1.54, 1.807) is 17.8 Å². The smallest absolute Gasteiger partial charge is 0.338 e. The van der Waals surface area contributed by atoms with E-state index in [1.807, 2.05) is 29.8 Å². The lowest BCUT2D eigenvalue weighted by molar-refractivity contribution is 0.0600. The van der Waals surface area contributed by atoms with E-state index in [1.165, 1.54) is 7.11 Å². The molecule has 1 saturated heterocycles. The first-order valence-electron chi connectivity index (χ1n) is 7.72. The first-order chi connectivity index (χ1) is 11.7. The minimum atomic E-state index is -0.321. The number of methoxy groups -OCH3 is 1. The molecule has 1 aromatic carbocycles. The second kappa shape index (κ2) is 7.67. The zero-order chi connectivity index (χ0) is 16.9. The van der Waals surface area contributed by atoms with Crippen molar-refractivity contribution in [3.63, 3.8) is 0 Å². The van der Waals surface area contributed by atoms with Crippen LogP contribution in [0.25, 0.3) is 0 Å². The van der Waals surface area contributed by atoms with Gasteiger partial charge in [0, 0.05) is 25.9 Å². The van der Waals surface area contributed by atoms with Crippen LogP contribution in [0.3, 0.4) is 0 Å². The quantitative estimate of drug-likeness (QED) is 0.602. The van der Waals surface area contributed by atoms with Gasteiger partial charge in [0.05, 0.1) is 25.9 Å². The standard InChI is InChI=1S/C16H20N4O3S/c1-19-15(20-7-9-23-10-8-20)17-18-16(19)24-11-12-5-3-4-6-13(12)14(21)22-2/h3-6H,7-11H2,1-2H3. The van der Waals surface area contributed by atoms with Crippen LogP contribution >= 0.6 is 11.8 Å². The Balaban J connectivity index is 1.72. The van der Waals surface area contributed by atoms with Gasteiger partial charge in [-0.05, 0) is 11.6 Å². The number of carbonyl (C=O) groups is 1. The number of hydrogen-bond donors (Lipinski definition) is 0. The van der Waals surface area contributed by atoms with Crippen molar-refractivity contribution in [3.05, 3.63) is 35.4 Å². The molecule has 1 aromatic heterocycles. The number of carbonyl (C=O) groups excluding carboxylic acids is 1. The average molecular weight is 348 g/mol. The Hall–Kier alpha value is -2.06. The first kappa shape index (κ1) is 16.8. The molecule has 0 unspecified atom stereocenters. The number of esters is 1. The summed E-state index contributed by atoms with van der Waals surface area (Å²) in [5.74, 6) is 1.15. The predicted octanol–water partition coefficient (Wildman–Crippen LogP) is 1.73. The largest absolute Gasteiger partial charge is 0.465 e. The van der Waals surface area contributed by atoms with E-state index < -0.39 is 0 Å². The molecule has 2 aromatic rings. The van der Waals surface area contributed by atoms with Gasteiger partial charge in [0.25, 0.3) is 0 Å². The van der Waals surface area contributed by atoms with E-state index in [2.05, 4.69) is 15.1 Å². The van der Waals surface area contributed by atoms with E-state index in [9.17, 15) is 4.79 Å². The first-order valence-corrected chi connectivity index (χ1v) is 8.70. The molecule has 0 aliphatic carbocycles. The van der Waals surface area contributed by atoms with E-state index in [4.69, 9.17) is 9.47 Å². The molecule has 0 radical (unpaired) electrons. The molecule has 0 bridgehead atoms. The summed E-state index contributed by atoms with van der Waals surface area (Å²) in [5.41, 5.74) is 1.51. The van der Waals surface area contributed by atoms with Crippen LogP contribution in [-0.2, 0) is 22.3 Å². The SMILES string of the molecule is COC(=O)c1ccccc1CSc1nnc(N2CCOCC2)n1C. The Bertz CT molecular complexity index is 713. The van der Waals surface area contributed by atoms with Crippen molar-refractivity contribution in [2.45, 2.75) is 10.9 Å². The van der Waals surface area contributed by atoms with Crippen LogP contribution in [-0.4, -0.2) is 54.1 Å². The van der Waals surface area contributed by atoms with E-state index in [-0.39, 0.29) is 5.97 Å². The second-order valence-electron chi connectivity index (χ2n) is 5.38. The molecule has 1 aliphatic heterocycles. The zero-order valence-electron chi connectivity index (χ0n) is 13.8. The number of hydrogen-bond acceptors (Lipinski definition) is 7. The van der Waals surface area contributed by atoms with Crippen molar-refractivity contribution in [2.75, 3.05) is 38.3 Å². The molecule has 24 heavy (non-hydrogen) atoms. The average Bonchev–Trinajstić information content (AvgIpc) is 3.01. The summed E-state index contributed by atoms with van der Waals surface area (Å²) in [4.78, 5) is 14.0. The molecular weight excluding hydrogens is 328 g/mol. The van der Waals surface area contributed by atoms with Gasteiger partial charge in [-0.2, -0.15) is 0 Å². The van der Waals surface area contributed by atoms with E-state index in [0.29, 0.717) is 24.5 Å². The van der Waals surface area contributed by atoms with Gasteiger partial charge in [0.2, 0.25) is 5.95 Å². The fourth-order valence-corrected chi connectivity index (χ4v) is 3.48. The van der Waals surface area contributed by atoms with Gasteiger partial charge in [0.1, 0.15) is 0 Å². The maximum absolute atomic E-state index is 11.8. The third-order valence-electron chi connectivity index (χ3n) is 3.89. The van der Waals surface area contributed by atoms with Crippen molar-refractivity contribution in [1.29, 1.82) is 0 Å². The predicted molar refractivity (Wildman–Crippen MR) is 91.4 cm³/mol. The normalized spacial score (nSPS) is 14.7. The second-order valence-corrected chi connectivity index (χ2v) is 6.32. The maximum atomic E-state index is 11.8. The van der Waals surface area contributed by atoms with Gasteiger partial charge in [-0.15, -0.1) is 10.2 Å². The number of rotatable bonds is 5. The molecule has 1 aliphatic rings. The van der Waals surface area contributed by atoms with Crippen LogP contribution in [0.15, 0.2) is 29.4 Å². The molecule has 8 heteroatoms. The lowest BCUT2D eigenvalue weighted by Gasteiger charge is -2.27. The number of morpholine rings is 1. The number of anilines is 1. The lowest BCUT2D eigenvalue weighted by atomic mass is 10.1. The fraction of sp³-hybridized carbons (Fsp3) is 0.438.